The van der Waals surface area contributed by atoms with E-state index in [2.05, 4.69) is 11.1 Å². The van der Waals surface area contributed by atoms with Crippen LogP contribution in [0, 0.1) is 12.7 Å². The third-order valence-corrected chi connectivity index (χ3v) is 4.47. The summed E-state index contributed by atoms with van der Waals surface area (Å²) in [5.74, 6) is 0.104. The Morgan fingerprint density at radius 1 is 1.39 bits per heavy atom. The predicted octanol–water partition coefficient (Wildman–Crippen LogP) is 3.64. The molecule has 0 saturated carbocycles. The number of rotatable bonds is 1. The number of aryl methyl sites for hydroxylation is 2. The molecule has 2 nitrogen and oxygen atoms in total. The number of anilines is 1. The monoisotopic (exact) mass is 262 g/mol. The molecule has 0 fully saturated rings. The number of benzene rings is 1. The Labute approximate surface area is 110 Å². The molecule has 0 bridgehead atoms. The molecular weight excluding hydrogens is 247 g/mol. The molecule has 0 aliphatic heterocycles. The molecule has 0 amide bonds. The van der Waals surface area contributed by atoms with Gasteiger partial charge in [0.1, 0.15) is 5.82 Å². The summed E-state index contributed by atoms with van der Waals surface area (Å²) in [5, 5.41) is 0.625. The predicted molar refractivity (Wildman–Crippen MR) is 72.4 cm³/mol. The lowest BCUT2D eigenvalue weighted by molar-refractivity contribution is 0.598. The topological polar surface area (TPSA) is 38.9 Å². The second-order valence-corrected chi connectivity index (χ2v) is 5.93. The summed E-state index contributed by atoms with van der Waals surface area (Å²) in [7, 11) is 0. The molecule has 1 aromatic carbocycles. The van der Waals surface area contributed by atoms with E-state index in [1.165, 1.54) is 4.88 Å². The zero-order valence-electron chi connectivity index (χ0n) is 10.2. The van der Waals surface area contributed by atoms with E-state index >= 15 is 0 Å². The van der Waals surface area contributed by atoms with Crippen molar-refractivity contribution in [1.82, 2.24) is 4.98 Å². The highest BCUT2D eigenvalue weighted by molar-refractivity contribution is 7.15. The van der Waals surface area contributed by atoms with Gasteiger partial charge in [-0.05, 0) is 49.4 Å². The molecule has 18 heavy (non-hydrogen) atoms. The highest BCUT2D eigenvalue weighted by Gasteiger charge is 2.25. The third-order valence-electron chi connectivity index (χ3n) is 3.43. The number of aromatic nitrogens is 1. The minimum atomic E-state index is -0.158. The summed E-state index contributed by atoms with van der Waals surface area (Å²) in [6.07, 6.45) is 3.14. The Hall–Kier alpha value is -1.42. The zero-order chi connectivity index (χ0) is 12.7. The molecule has 94 valence electrons. The number of thiazole rings is 1. The number of hydrogen-bond acceptors (Lipinski definition) is 3. The molecular formula is C14H15FN2S. The fraction of sp³-hybridized carbons (Fsp3) is 0.357. The van der Waals surface area contributed by atoms with Crippen molar-refractivity contribution in [3.63, 3.8) is 0 Å². The quantitative estimate of drug-likeness (QED) is 0.852. The highest BCUT2D eigenvalue weighted by Crippen LogP contribution is 2.41. The lowest BCUT2D eigenvalue weighted by atomic mass is 9.85. The molecule has 1 heterocycles. The summed E-state index contributed by atoms with van der Waals surface area (Å²) < 4.78 is 13.5. The van der Waals surface area contributed by atoms with Crippen molar-refractivity contribution in [3.8, 4) is 0 Å². The summed E-state index contributed by atoms with van der Waals surface area (Å²) >= 11 is 1.55. The maximum Gasteiger partial charge on any atom is 0.180 e. The van der Waals surface area contributed by atoms with Gasteiger partial charge in [-0.15, -0.1) is 11.3 Å². The van der Waals surface area contributed by atoms with Gasteiger partial charge in [-0.2, -0.15) is 0 Å². The molecule has 0 spiro atoms. The summed E-state index contributed by atoms with van der Waals surface area (Å²) in [6, 6.07) is 5.27. The van der Waals surface area contributed by atoms with Gasteiger partial charge in [0, 0.05) is 10.8 Å². The Kier molecular flexibility index (Phi) is 2.82. The van der Waals surface area contributed by atoms with Crippen LogP contribution in [0.3, 0.4) is 0 Å². The van der Waals surface area contributed by atoms with Crippen LogP contribution >= 0.6 is 11.3 Å². The van der Waals surface area contributed by atoms with Crippen LogP contribution in [0.2, 0.25) is 0 Å². The zero-order valence-corrected chi connectivity index (χ0v) is 11.1. The average molecular weight is 262 g/mol. The van der Waals surface area contributed by atoms with Crippen LogP contribution in [0.4, 0.5) is 9.52 Å². The smallest absolute Gasteiger partial charge is 0.180 e. The molecule has 1 aliphatic carbocycles. The highest BCUT2D eigenvalue weighted by atomic mass is 32.1. The first kappa shape index (κ1) is 11.7. The number of nitrogens with zero attached hydrogens (tertiary/aromatic N) is 1. The summed E-state index contributed by atoms with van der Waals surface area (Å²) in [4.78, 5) is 5.60. The maximum absolute atomic E-state index is 13.5. The van der Waals surface area contributed by atoms with Crippen molar-refractivity contribution in [2.45, 2.75) is 32.1 Å². The number of nitrogen functional groups attached to an aromatic ring is 1. The summed E-state index contributed by atoms with van der Waals surface area (Å²) in [6.45, 7) is 1.93. The molecule has 1 unspecified atom stereocenters. The third kappa shape index (κ3) is 2.01. The first-order chi connectivity index (χ1) is 8.63. The van der Waals surface area contributed by atoms with Gasteiger partial charge in [-0.1, -0.05) is 6.07 Å². The Morgan fingerprint density at radius 3 is 3.00 bits per heavy atom. The lowest BCUT2D eigenvalue weighted by Gasteiger charge is -2.22. The first-order valence-corrected chi connectivity index (χ1v) is 6.97. The molecule has 1 atom stereocenters. The number of fused-ring (bicyclic) bond motifs is 1. The van der Waals surface area contributed by atoms with Gasteiger partial charge in [-0.3, -0.25) is 0 Å². The normalized spacial score (nSPS) is 18.7. The van der Waals surface area contributed by atoms with Crippen LogP contribution < -0.4 is 5.73 Å². The molecule has 3 rings (SSSR count). The van der Waals surface area contributed by atoms with E-state index in [9.17, 15) is 4.39 Å². The SMILES string of the molecule is Cc1cc(F)cc(C2CCCc3nc(N)sc32)c1. The number of nitrogens with two attached hydrogens (primary N) is 1. The maximum atomic E-state index is 13.5. The minimum absolute atomic E-state index is 0.158. The Morgan fingerprint density at radius 2 is 2.22 bits per heavy atom. The molecule has 2 aromatic rings. The van der Waals surface area contributed by atoms with E-state index in [0.29, 0.717) is 5.13 Å². The van der Waals surface area contributed by atoms with E-state index in [-0.39, 0.29) is 11.7 Å². The Balaban J connectivity index is 2.07. The van der Waals surface area contributed by atoms with Crippen LogP contribution in [-0.2, 0) is 6.42 Å². The second kappa shape index (κ2) is 4.35. The van der Waals surface area contributed by atoms with Gasteiger partial charge in [0.15, 0.2) is 5.13 Å². The van der Waals surface area contributed by atoms with Crippen LogP contribution in [0.25, 0.3) is 0 Å². The van der Waals surface area contributed by atoms with Crippen molar-refractivity contribution >= 4 is 16.5 Å². The lowest BCUT2D eigenvalue weighted by Crippen LogP contribution is -2.09. The summed E-state index contributed by atoms with van der Waals surface area (Å²) in [5.41, 5.74) is 8.92. The number of halogens is 1. The molecule has 2 N–H and O–H groups in total. The van der Waals surface area contributed by atoms with Crippen LogP contribution in [-0.4, -0.2) is 4.98 Å². The number of hydrogen-bond donors (Lipinski definition) is 1. The molecule has 0 radical (unpaired) electrons. The fourth-order valence-corrected chi connectivity index (χ4v) is 3.77. The van der Waals surface area contributed by atoms with Crippen molar-refractivity contribution < 1.29 is 4.39 Å². The van der Waals surface area contributed by atoms with E-state index in [1.807, 2.05) is 6.92 Å². The van der Waals surface area contributed by atoms with Crippen LogP contribution in [0.1, 0.15) is 40.5 Å². The van der Waals surface area contributed by atoms with Gasteiger partial charge in [-0.25, -0.2) is 9.37 Å². The first-order valence-electron chi connectivity index (χ1n) is 6.15. The van der Waals surface area contributed by atoms with Gasteiger partial charge in [0.2, 0.25) is 0 Å². The average Bonchev–Trinajstić information content (AvgIpc) is 2.67. The van der Waals surface area contributed by atoms with E-state index in [4.69, 9.17) is 5.73 Å². The second-order valence-electron chi connectivity index (χ2n) is 4.87. The molecule has 1 aliphatic rings. The standard InChI is InChI=1S/C14H15FN2S/c1-8-5-9(7-10(15)6-8)11-3-2-4-12-13(11)18-14(16)17-12/h5-7,11H,2-4H2,1H3,(H2,16,17). The molecule has 0 saturated heterocycles. The van der Waals surface area contributed by atoms with E-state index in [0.717, 1.165) is 36.1 Å². The van der Waals surface area contributed by atoms with Gasteiger partial charge < -0.3 is 5.73 Å². The minimum Gasteiger partial charge on any atom is -0.375 e. The van der Waals surface area contributed by atoms with Gasteiger partial charge in [0.25, 0.3) is 0 Å². The van der Waals surface area contributed by atoms with Crippen molar-refractivity contribution in [2.24, 2.45) is 0 Å². The van der Waals surface area contributed by atoms with Gasteiger partial charge >= 0.3 is 0 Å². The van der Waals surface area contributed by atoms with E-state index < -0.39 is 0 Å². The van der Waals surface area contributed by atoms with Crippen LogP contribution in [0.5, 0.6) is 0 Å². The molecule has 1 aromatic heterocycles. The largest absolute Gasteiger partial charge is 0.375 e. The van der Waals surface area contributed by atoms with E-state index in [1.54, 1.807) is 23.5 Å². The van der Waals surface area contributed by atoms with Crippen molar-refractivity contribution in [3.05, 3.63) is 45.7 Å². The van der Waals surface area contributed by atoms with Crippen molar-refractivity contribution in [1.29, 1.82) is 0 Å². The molecule has 4 heteroatoms. The fourth-order valence-electron chi connectivity index (χ4n) is 2.72. The van der Waals surface area contributed by atoms with Crippen molar-refractivity contribution in [2.75, 3.05) is 5.73 Å². The van der Waals surface area contributed by atoms with Crippen LogP contribution in [0.15, 0.2) is 18.2 Å². The van der Waals surface area contributed by atoms with Gasteiger partial charge in [0.05, 0.1) is 5.69 Å². The Bertz CT molecular complexity index is 571.